The molecular formula is C17H21N3O3S. The molecule has 7 heteroatoms. The van der Waals surface area contributed by atoms with E-state index in [9.17, 15) is 8.42 Å². The number of nitrogens with one attached hydrogen (secondary N) is 1. The zero-order valence-corrected chi connectivity index (χ0v) is 14.4. The van der Waals surface area contributed by atoms with Crippen molar-refractivity contribution >= 4 is 15.7 Å². The van der Waals surface area contributed by atoms with Crippen LogP contribution in [0.1, 0.15) is 18.4 Å². The fraction of sp³-hybridized carbons (Fsp3) is 0.353. The number of benzene rings is 1. The molecule has 0 bridgehead atoms. The van der Waals surface area contributed by atoms with E-state index in [4.69, 9.17) is 4.74 Å². The van der Waals surface area contributed by atoms with Crippen LogP contribution in [0.5, 0.6) is 5.88 Å². The topological polar surface area (TPSA) is 71.5 Å². The van der Waals surface area contributed by atoms with Gasteiger partial charge >= 0.3 is 0 Å². The number of methoxy groups -OCH3 is 1. The number of hydrogen-bond donors (Lipinski definition) is 1. The molecule has 1 aliphatic heterocycles. The first-order valence-electron chi connectivity index (χ1n) is 7.92. The molecule has 1 N–H and O–H groups in total. The molecule has 0 atom stereocenters. The van der Waals surface area contributed by atoms with Gasteiger partial charge in [-0.25, -0.2) is 13.4 Å². The maximum Gasteiger partial charge on any atom is 0.243 e. The Morgan fingerprint density at radius 1 is 1.17 bits per heavy atom. The Bertz CT molecular complexity index is 785. The van der Waals surface area contributed by atoms with E-state index < -0.39 is 10.0 Å². The van der Waals surface area contributed by atoms with Gasteiger partial charge in [0.25, 0.3) is 0 Å². The highest BCUT2D eigenvalue weighted by atomic mass is 32.2. The SMILES string of the molecule is COc1cc(CNc2ccc(S(=O)(=O)N3CCCC3)cc2)ccn1. The average Bonchev–Trinajstić information content (AvgIpc) is 3.16. The molecule has 1 aliphatic rings. The van der Waals surface area contributed by atoms with Crippen molar-refractivity contribution in [1.29, 1.82) is 0 Å². The minimum absolute atomic E-state index is 0.348. The van der Waals surface area contributed by atoms with Crippen LogP contribution in [0.4, 0.5) is 5.69 Å². The number of ether oxygens (including phenoxy) is 1. The van der Waals surface area contributed by atoms with Gasteiger partial charge in [-0.05, 0) is 48.7 Å². The van der Waals surface area contributed by atoms with Gasteiger partial charge < -0.3 is 10.1 Å². The minimum atomic E-state index is -3.35. The molecule has 0 spiro atoms. The van der Waals surface area contributed by atoms with Crippen LogP contribution in [0.3, 0.4) is 0 Å². The highest BCUT2D eigenvalue weighted by molar-refractivity contribution is 7.89. The van der Waals surface area contributed by atoms with Crippen LogP contribution in [0.2, 0.25) is 0 Å². The van der Waals surface area contributed by atoms with Crippen molar-refractivity contribution in [3.63, 3.8) is 0 Å². The number of hydrogen-bond acceptors (Lipinski definition) is 5. The smallest absolute Gasteiger partial charge is 0.243 e. The monoisotopic (exact) mass is 347 g/mol. The van der Waals surface area contributed by atoms with Crippen LogP contribution in [0.25, 0.3) is 0 Å². The molecule has 24 heavy (non-hydrogen) atoms. The first kappa shape index (κ1) is 16.7. The van der Waals surface area contributed by atoms with Crippen LogP contribution in [0, 0.1) is 0 Å². The van der Waals surface area contributed by atoms with Gasteiger partial charge in [0, 0.05) is 37.6 Å². The van der Waals surface area contributed by atoms with Crippen molar-refractivity contribution in [2.45, 2.75) is 24.3 Å². The lowest BCUT2D eigenvalue weighted by Gasteiger charge is -2.16. The van der Waals surface area contributed by atoms with Gasteiger partial charge in [0.2, 0.25) is 15.9 Å². The Morgan fingerprint density at radius 3 is 2.54 bits per heavy atom. The summed E-state index contributed by atoms with van der Waals surface area (Å²) < 4.78 is 31.6. The molecule has 1 fully saturated rings. The van der Waals surface area contributed by atoms with Crippen molar-refractivity contribution in [2.24, 2.45) is 0 Å². The van der Waals surface area contributed by atoms with Crippen molar-refractivity contribution in [2.75, 3.05) is 25.5 Å². The number of aromatic nitrogens is 1. The third-order valence-electron chi connectivity index (χ3n) is 4.06. The van der Waals surface area contributed by atoms with Crippen LogP contribution in [-0.2, 0) is 16.6 Å². The van der Waals surface area contributed by atoms with Gasteiger partial charge in [0.15, 0.2) is 0 Å². The molecule has 0 amide bonds. The van der Waals surface area contributed by atoms with E-state index in [1.54, 1.807) is 41.9 Å². The van der Waals surface area contributed by atoms with Crippen LogP contribution < -0.4 is 10.1 Å². The third kappa shape index (κ3) is 3.68. The Morgan fingerprint density at radius 2 is 1.88 bits per heavy atom. The van der Waals surface area contributed by atoms with Crippen molar-refractivity contribution in [1.82, 2.24) is 9.29 Å². The summed E-state index contributed by atoms with van der Waals surface area (Å²) in [6.07, 6.45) is 3.57. The van der Waals surface area contributed by atoms with Gasteiger partial charge in [-0.1, -0.05) is 0 Å². The molecule has 1 aromatic heterocycles. The Balaban J connectivity index is 1.66. The van der Waals surface area contributed by atoms with Crippen LogP contribution in [0.15, 0.2) is 47.5 Å². The van der Waals surface area contributed by atoms with Gasteiger partial charge in [-0.3, -0.25) is 0 Å². The van der Waals surface area contributed by atoms with Crippen molar-refractivity contribution < 1.29 is 13.2 Å². The zero-order chi connectivity index (χ0) is 17.0. The maximum atomic E-state index is 12.5. The summed E-state index contributed by atoms with van der Waals surface area (Å²) >= 11 is 0. The number of sulfonamides is 1. The second kappa shape index (κ2) is 7.19. The second-order valence-electron chi connectivity index (χ2n) is 5.70. The summed E-state index contributed by atoms with van der Waals surface area (Å²) in [5.41, 5.74) is 1.90. The zero-order valence-electron chi connectivity index (χ0n) is 13.6. The average molecular weight is 347 g/mol. The summed E-state index contributed by atoms with van der Waals surface area (Å²) in [5.74, 6) is 0.571. The second-order valence-corrected chi connectivity index (χ2v) is 7.63. The highest BCUT2D eigenvalue weighted by Gasteiger charge is 2.26. The lowest BCUT2D eigenvalue weighted by molar-refractivity contribution is 0.397. The van der Waals surface area contributed by atoms with E-state index in [1.807, 2.05) is 12.1 Å². The lowest BCUT2D eigenvalue weighted by atomic mass is 10.2. The minimum Gasteiger partial charge on any atom is -0.481 e. The van der Waals surface area contributed by atoms with Gasteiger partial charge in [0.1, 0.15) is 0 Å². The molecular weight excluding hydrogens is 326 g/mol. The van der Waals surface area contributed by atoms with Crippen molar-refractivity contribution in [3.05, 3.63) is 48.2 Å². The van der Waals surface area contributed by atoms with E-state index in [0.29, 0.717) is 30.4 Å². The molecule has 0 saturated carbocycles. The van der Waals surface area contributed by atoms with E-state index >= 15 is 0 Å². The quantitative estimate of drug-likeness (QED) is 0.869. The summed E-state index contributed by atoms with van der Waals surface area (Å²) in [6, 6.07) is 10.7. The summed E-state index contributed by atoms with van der Waals surface area (Å²) in [4.78, 5) is 4.42. The number of anilines is 1. The molecule has 2 aromatic rings. The normalized spacial score (nSPS) is 15.4. The predicted molar refractivity (Wildman–Crippen MR) is 92.6 cm³/mol. The van der Waals surface area contributed by atoms with E-state index in [0.717, 1.165) is 24.1 Å². The Kier molecular flexibility index (Phi) is 5.01. The molecule has 128 valence electrons. The first-order chi connectivity index (χ1) is 11.6. The predicted octanol–water partition coefficient (Wildman–Crippen LogP) is 2.49. The molecule has 6 nitrogen and oxygen atoms in total. The van der Waals surface area contributed by atoms with E-state index in [1.165, 1.54) is 0 Å². The standard InChI is InChI=1S/C17H21N3O3S/c1-23-17-12-14(8-9-18-17)13-19-15-4-6-16(7-5-15)24(21,22)20-10-2-3-11-20/h4-9,12,19H,2-3,10-11,13H2,1H3. The van der Waals surface area contributed by atoms with Crippen LogP contribution in [-0.4, -0.2) is 37.9 Å². The summed E-state index contributed by atoms with van der Waals surface area (Å²) in [5, 5.41) is 3.27. The van der Waals surface area contributed by atoms with Gasteiger partial charge in [-0.15, -0.1) is 0 Å². The largest absolute Gasteiger partial charge is 0.481 e. The van der Waals surface area contributed by atoms with E-state index in [-0.39, 0.29) is 0 Å². The lowest BCUT2D eigenvalue weighted by Crippen LogP contribution is -2.27. The van der Waals surface area contributed by atoms with Crippen LogP contribution >= 0.6 is 0 Å². The molecule has 2 heterocycles. The number of nitrogens with zero attached hydrogens (tertiary/aromatic N) is 2. The van der Waals surface area contributed by atoms with E-state index in [2.05, 4.69) is 10.3 Å². The Labute approximate surface area is 142 Å². The molecule has 3 rings (SSSR count). The fourth-order valence-corrected chi connectivity index (χ4v) is 4.22. The molecule has 0 unspecified atom stereocenters. The third-order valence-corrected chi connectivity index (χ3v) is 5.98. The Hall–Kier alpha value is -2.12. The van der Waals surface area contributed by atoms with Gasteiger partial charge in [0.05, 0.1) is 12.0 Å². The van der Waals surface area contributed by atoms with Crippen molar-refractivity contribution in [3.8, 4) is 5.88 Å². The molecule has 0 aliphatic carbocycles. The number of pyridine rings is 1. The summed E-state index contributed by atoms with van der Waals surface area (Å²) in [6.45, 7) is 1.84. The molecule has 1 aromatic carbocycles. The molecule has 0 radical (unpaired) electrons. The van der Waals surface area contributed by atoms with Gasteiger partial charge in [-0.2, -0.15) is 4.31 Å². The molecule has 1 saturated heterocycles. The highest BCUT2D eigenvalue weighted by Crippen LogP contribution is 2.22. The maximum absolute atomic E-state index is 12.5. The summed E-state index contributed by atoms with van der Waals surface area (Å²) in [7, 11) is -1.77. The number of rotatable bonds is 6. The first-order valence-corrected chi connectivity index (χ1v) is 9.36. The fourth-order valence-electron chi connectivity index (χ4n) is 2.70.